The molecular formula is C12H16NO5S-. The minimum absolute atomic E-state index is 0.0188. The molecule has 0 unspecified atom stereocenters. The second-order valence-corrected chi connectivity index (χ2v) is 5.63. The Morgan fingerprint density at radius 2 is 1.89 bits per heavy atom. The highest BCUT2D eigenvalue weighted by molar-refractivity contribution is 7.86. The van der Waals surface area contributed by atoms with Crippen LogP contribution in [0.3, 0.4) is 0 Å². The first-order chi connectivity index (χ1) is 8.92. The summed E-state index contributed by atoms with van der Waals surface area (Å²) in [6, 6.07) is 6.37. The minimum atomic E-state index is -3.73. The lowest BCUT2D eigenvalue weighted by Crippen LogP contribution is -2.36. The summed E-state index contributed by atoms with van der Waals surface area (Å²) in [6.45, 7) is 2.10. The van der Waals surface area contributed by atoms with E-state index in [-0.39, 0.29) is 18.0 Å². The number of rotatable bonds is 7. The Morgan fingerprint density at radius 1 is 1.26 bits per heavy atom. The highest BCUT2D eigenvalue weighted by Crippen LogP contribution is 2.13. The lowest BCUT2D eigenvalue weighted by molar-refractivity contribution is -0.250. The summed E-state index contributed by atoms with van der Waals surface area (Å²) >= 11 is 0. The van der Waals surface area contributed by atoms with Crippen LogP contribution in [0.4, 0.5) is 4.79 Å². The maximum Gasteiger partial charge on any atom is 0.296 e. The van der Waals surface area contributed by atoms with Crippen molar-refractivity contribution in [2.45, 2.75) is 24.7 Å². The zero-order chi connectivity index (χ0) is 14.3. The van der Waals surface area contributed by atoms with Crippen molar-refractivity contribution in [2.24, 2.45) is 0 Å². The van der Waals surface area contributed by atoms with E-state index in [2.05, 4.69) is 5.32 Å². The van der Waals surface area contributed by atoms with Gasteiger partial charge >= 0.3 is 0 Å². The molecule has 0 aliphatic heterocycles. The number of carbonyl (C=O) groups is 1. The zero-order valence-electron chi connectivity index (χ0n) is 10.6. The van der Waals surface area contributed by atoms with E-state index < -0.39 is 16.2 Å². The number of carboxylic acid groups (broad SMARTS) is 1. The summed E-state index contributed by atoms with van der Waals surface area (Å²) in [5.41, 5.74) is 0.965. The van der Waals surface area contributed by atoms with Gasteiger partial charge in [0.15, 0.2) is 0 Å². The first-order valence-electron chi connectivity index (χ1n) is 5.83. The molecule has 0 saturated carbocycles. The molecule has 0 saturated heterocycles. The summed E-state index contributed by atoms with van der Waals surface area (Å²) < 4.78 is 28.3. The minimum Gasteiger partial charge on any atom is -0.530 e. The van der Waals surface area contributed by atoms with Gasteiger partial charge in [-0.1, -0.05) is 17.7 Å². The molecule has 0 heterocycles. The predicted molar refractivity (Wildman–Crippen MR) is 66.9 cm³/mol. The molecule has 6 nitrogen and oxygen atoms in total. The molecule has 0 radical (unpaired) electrons. The van der Waals surface area contributed by atoms with Crippen molar-refractivity contribution in [2.75, 3.05) is 13.2 Å². The fourth-order valence-electron chi connectivity index (χ4n) is 1.36. The molecule has 1 N–H and O–H groups in total. The van der Waals surface area contributed by atoms with E-state index in [1.54, 1.807) is 12.1 Å². The van der Waals surface area contributed by atoms with Gasteiger partial charge in [0, 0.05) is 6.54 Å². The van der Waals surface area contributed by atoms with Gasteiger partial charge in [0.2, 0.25) is 0 Å². The molecular weight excluding hydrogens is 270 g/mol. The number of aryl methyl sites for hydroxylation is 1. The third-order valence-electron chi connectivity index (χ3n) is 2.39. The van der Waals surface area contributed by atoms with Crippen LogP contribution in [0.25, 0.3) is 0 Å². The van der Waals surface area contributed by atoms with Crippen LogP contribution in [-0.2, 0) is 14.3 Å². The highest BCUT2D eigenvalue weighted by atomic mass is 32.2. The maximum absolute atomic E-state index is 11.7. The van der Waals surface area contributed by atoms with E-state index >= 15 is 0 Å². The van der Waals surface area contributed by atoms with Crippen LogP contribution >= 0.6 is 0 Å². The molecule has 0 aliphatic rings. The molecule has 0 fully saturated rings. The fraction of sp³-hybridized carbons (Fsp3) is 0.417. The van der Waals surface area contributed by atoms with Gasteiger partial charge in [-0.05, 0) is 31.9 Å². The molecule has 7 heteroatoms. The molecule has 1 rings (SSSR count). The number of hydrogen-bond acceptors (Lipinski definition) is 5. The van der Waals surface area contributed by atoms with E-state index in [0.717, 1.165) is 5.56 Å². The van der Waals surface area contributed by atoms with E-state index in [1.807, 2.05) is 6.92 Å². The quantitative estimate of drug-likeness (QED) is 0.578. The van der Waals surface area contributed by atoms with Crippen LogP contribution in [0.2, 0.25) is 0 Å². The number of carbonyl (C=O) groups excluding carboxylic acids is 1. The third-order valence-corrected chi connectivity index (χ3v) is 3.72. The van der Waals surface area contributed by atoms with Crippen molar-refractivity contribution in [3.05, 3.63) is 29.8 Å². The highest BCUT2D eigenvalue weighted by Gasteiger charge is 2.13. The van der Waals surface area contributed by atoms with Gasteiger partial charge in [-0.15, -0.1) is 0 Å². The predicted octanol–water partition coefficient (Wildman–Crippen LogP) is 0.413. The summed E-state index contributed by atoms with van der Waals surface area (Å²) in [6.07, 6.45) is -0.420. The van der Waals surface area contributed by atoms with Gasteiger partial charge < -0.3 is 15.2 Å². The second kappa shape index (κ2) is 7.10. The smallest absolute Gasteiger partial charge is 0.296 e. The largest absolute Gasteiger partial charge is 0.530 e. The first kappa shape index (κ1) is 15.5. The summed E-state index contributed by atoms with van der Waals surface area (Å²) in [7, 11) is -3.73. The van der Waals surface area contributed by atoms with Gasteiger partial charge in [-0.2, -0.15) is 8.42 Å². The van der Waals surface area contributed by atoms with Crippen molar-refractivity contribution >= 4 is 16.2 Å². The third kappa shape index (κ3) is 5.71. The van der Waals surface area contributed by atoms with E-state index in [9.17, 15) is 18.3 Å². The fourth-order valence-corrected chi connectivity index (χ4v) is 2.30. The Hall–Kier alpha value is -1.60. The van der Waals surface area contributed by atoms with Gasteiger partial charge in [0.05, 0.1) is 11.5 Å². The topological polar surface area (TPSA) is 95.5 Å². The number of nitrogens with one attached hydrogen (secondary N) is 1. The van der Waals surface area contributed by atoms with Gasteiger partial charge in [-0.3, -0.25) is 4.18 Å². The van der Waals surface area contributed by atoms with Crippen molar-refractivity contribution in [3.8, 4) is 0 Å². The summed E-state index contributed by atoms with van der Waals surface area (Å²) in [5.74, 6) is 0. The van der Waals surface area contributed by atoms with Gasteiger partial charge in [-0.25, -0.2) is 0 Å². The van der Waals surface area contributed by atoms with Crippen molar-refractivity contribution in [3.63, 3.8) is 0 Å². The standard InChI is InChI=1S/C12H17NO5S/c1-10-4-6-11(7-5-10)19(16,17)18-9-3-2-8-13-12(14)15/h4-7,13H,2-3,8-9H2,1H3,(H,14,15)/p-1. The molecule has 0 bridgehead atoms. The Balaban J connectivity index is 2.35. The first-order valence-corrected chi connectivity index (χ1v) is 7.23. The average molecular weight is 286 g/mol. The van der Waals surface area contributed by atoms with E-state index in [4.69, 9.17) is 4.18 Å². The summed E-state index contributed by atoms with van der Waals surface area (Å²) in [5, 5.41) is 12.1. The van der Waals surface area contributed by atoms with Crippen LogP contribution in [0.1, 0.15) is 18.4 Å². The SMILES string of the molecule is Cc1ccc(S(=O)(=O)OCCCCNC(=O)[O-])cc1. The Labute approximate surface area is 112 Å². The monoisotopic (exact) mass is 286 g/mol. The molecule has 1 aromatic carbocycles. The van der Waals surface area contributed by atoms with Crippen LogP contribution < -0.4 is 10.4 Å². The molecule has 106 valence electrons. The maximum atomic E-state index is 11.7. The number of benzene rings is 1. The molecule has 0 aromatic heterocycles. The van der Waals surface area contributed by atoms with Crippen molar-refractivity contribution < 1.29 is 22.5 Å². The lowest BCUT2D eigenvalue weighted by Gasteiger charge is -2.07. The number of unbranched alkanes of at least 4 members (excludes halogenated alkanes) is 1. The Morgan fingerprint density at radius 3 is 2.47 bits per heavy atom. The van der Waals surface area contributed by atoms with Crippen LogP contribution in [0, 0.1) is 6.92 Å². The molecule has 1 amide bonds. The average Bonchev–Trinajstić information content (AvgIpc) is 2.34. The van der Waals surface area contributed by atoms with Crippen molar-refractivity contribution in [1.82, 2.24) is 5.32 Å². The van der Waals surface area contributed by atoms with Gasteiger partial charge in [0.25, 0.3) is 10.1 Å². The van der Waals surface area contributed by atoms with Crippen LogP contribution in [-0.4, -0.2) is 27.7 Å². The van der Waals surface area contributed by atoms with Gasteiger partial charge in [0.1, 0.15) is 6.09 Å². The molecule has 0 atom stereocenters. The number of hydrogen-bond donors (Lipinski definition) is 1. The molecule has 1 aromatic rings. The second-order valence-electron chi connectivity index (χ2n) is 4.01. The molecule has 0 spiro atoms. The van der Waals surface area contributed by atoms with E-state index in [1.165, 1.54) is 12.1 Å². The van der Waals surface area contributed by atoms with E-state index in [0.29, 0.717) is 12.8 Å². The van der Waals surface area contributed by atoms with Crippen molar-refractivity contribution in [1.29, 1.82) is 0 Å². The lowest BCUT2D eigenvalue weighted by atomic mass is 10.2. The number of amides is 1. The van der Waals surface area contributed by atoms with Crippen LogP contribution in [0.15, 0.2) is 29.2 Å². The summed E-state index contributed by atoms with van der Waals surface area (Å²) in [4.78, 5) is 10.2. The Kier molecular flexibility index (Phi) is 5.78. The van der Waals surface area contributed by atoms with Crippen LogP contribution in [0.5, 0.6) is 0 Å². The zero-order valence-corrected chi connectivity index (χ0v) is 11.4. The Bertz CT molecular complexity index is 509. The normalized spacial score (nSPS) is 11.2. The molecule has 19 heavy (non-hydrogen) atoms. The molecule has 0 aliphatic carbocycles.